The number of hydrogen-bond donors (Lipinski definition) is 2. The number of nitrogens with one attached hydrogen (secondary N) is 2. The molecule has 0 spiro atoms. The molecule has 0 aliphatic rings. The van der Waals surface area contributed by atoms with E-state index in [0.29, 0.717) is 15.7 Å². The molecule has 0 saturated heterocycles. The molecule has 0 aliphatic heterocycles. The van der Waals surface area contributed by atoms with Gasteiger partial charge in [-0.1, -0.05) is 66.7 Å². The zero-order valence-electron chi connectivity index (χ0n) is 19.9. The molecule has 8 heteroatoms. The molecule has 2 amide bonds. The summed E-state index contributed by atoms with van der Waals surface area (Å²) in [6, 6.07) is 30.8. The number of anilines is 2. The van der Waals surface area contributed by atoms with Gasteiger partial charge in [0.25, 0.3) is 5.91 Å². The Bertz CT molecular complexity index is 1480. The van der Waals surface area contributed by atoms with Crippen LogP contribution >= 0.6 is 34.4 Å². The van der Waals surface area contributed by atoms with E-state index in [1.165, 1.54) is 34.4 Å². The highest BCUT2D eigenvalue weighted by Gasteiger charge is 2.24. The summed E-state index contributed by atoms with van der Waals surface area (Å²) in [5.41, 5.74) is 3.51. The number of carbonyl (C=O) groups excluding carboxylic acids is 2. The molecule has 5 aromatic rings. The number of thiophene rings is 1. The van der Waals surface area contributed by atoms with Crippen molar-refractivity contribution in [3.8, 4) is 11.3 Å². The zero-order valence-corrected chi connectivity index (χ0v) is 22.3. The lowest BCUT2D eigenvalue weighted by atomic mass is 10.1. The van der Waals surface area contributed by atoms with Crippen molar-refractivity contribution >= 4 is 57.1 Å². The Kier molecular flexibility index (Phi) is 7.79. The van der Waals surface area contributed by atoms with Crippen molar-refractivity contribution in [3.63, 3.8) is 0 Å². The molecule has 1 atom stereocenters. The lowest BCUT2D eigenvalue weighted by molar-refractivity contribution is -0.115. The first-order valence-electron chi connectivity index (χ1n) is 11.6. The van der Waals surface area contributed by atoms with Gasteiger partial charge in [0.05, 0.1) is 10.6 Å². The lowest BCUT2D eigenvalue weighted by Gasteiger charge is -2.16. The summed E-state index contributed by atoms with van der Waals surface area (Å²) in [5, 5.41) is 7.92. The van der Waals surface area contributed by atoms with Crippen molar-refractivity contribution in [2.75, 3.05) is 10.6 Å². The second kappa shape index (κ2) is 11.6. The Morgan fingerprint density at radius 1 is 0.838 bits per heavy atom. The number of aryl methyl sites for hydroxylation is 1. The summed E-state index contributed by atoms with van der Waals surface area (Å²) in [6.07, 6.45) is 0. The minimum Gasteiger partial charge on any atom is -0.321 e. The first-order valence-corrected chi connectivity index (χ1v) is 14.1. The molecule has 0 saturated carbocycles. The summed E-state index contributed by atoms with van der Waals surface area (Å²) >= 11 is 4.33. The van der Waals surface area contributed by atoms with Gasteiger partial charge in [-0.25, -0.2) is 4.98 Å². The van der Waals surface area contributed by atoms with Crippen LogP contribution in [-0.2, 0) is 4.79 Å². The summed E-state index contributed by atoms with van der Waals surface area (Å²) < 4.78 is 0. The van der Waals surface area contributed by atoms with Crippen molar-refractivity contribution in [1.29, 1.82) is 0 Å². The van der Waals surface area contributed by atoms with E-state index < -0.39 is 5.25 Å². The fourth-order valence-corrected chi connectivity index (χ4v) is 6.22. The molecule has 5 rings (SSSR count). The number of hydrogen-bond acceptors (Lipinski definition) is 6. The van der Waals surface area contributed by atoms with Crippen LogP contribution in [0.15, 0.2) is 107 Å². The maximum absolute atomic E-state index is 13.5. The number of benzene rings is 3. The topological polar surface area (TPSA) is 71.1 Å². The Balaban J connectivity index is 1.32. The molecule has 0 fully saturated rings. The highest BCUT2D eigenvalue weighted by molar-refractivity contribution is 8.00. The van der Waals surface area contributed by atoms with Gasteiger partial charge in [0.1, 0.15) is 5.25 Å². The van der Waals surface area contributed by atoms with E-state index in [9.17, 15) is 9.59 Å². The van der Waals surface area contributed by atoms with Crippen molar-refractivity contribution in [3.05, 3.63) is 118 Å². The van der Waals surface area contributed by atoms with Crippen molar-refractivity contribution in [2.45, 2.75) is 17.1 Å². The average molecular weight is 542 g/mol. The van der Waals surface area contributed by atoms with Gasteiger partial charge < -0.3 is 10.6 Å². The minimum atomic E-state index is -0.475. The van der Waals surface area contributed by atoms with E-state index in [4.69, 9.17) is 4.98 Å². The number of amides is 2. The average Bonchev–Trinajstić information content (AvgIpc) is 3.59. The molecule has 184 valence electrons. The van der Waals surface area contributed by atoms with Crippen LogP contribution in [0.2, 0.25) is 0 Å². The van der Waals surface area contributed by atoms with Crippen molar-refractivity contribution in [1.82, 2.24) is 4.98 Å². The first kappa shape index (κ1) is 25.0. The normalized spacial score (nSPS) is 11.6. The zero-order chi connectivity index (χ0) is 25.6. The second-order valence-corrected chi connectivity index (χ2v) is 11.5. The number of thiazole rings is 1. The van der Waals surface area contributed by atoms with E-state index in [1.54, 1.807) is 6.07 Å². The minimum absolute atomic E-state index is 0.134. The molecule has 2 aromatic heterocycles. The van der Waals surface area contributed by atoms with Crippen LogP contribution in [0.1, 0.15) is 25.4 Å². The molecule has 0 aliphatic carbocycles. The lowest BCUT2D eigenvalue weighted by Crippen LogP contribution is -2.19. The summed E-state index contributed by atoms with van der Waals surface area (Å²) in [6.45, 7) is 2.01. The third kappa shape index (κ3) is 6.17. The number of aromatic nitrogens is 1. The SMILES string of the molecule is Cc1sc(NC(=O)C(Sc2ccc(NC(=O)c3cccs3)cc2)c2ccccc2)nc1-c1ccccc1. The standard InChI is InChI=1S/C29H23N3O2S3/c1-19-25(20-9-4-2-5-10-20)31-29(36-19)32-28(34)26(21-11-6-3-7-12-21)37-23-16-14-22(15-17-23)30-27(33)24-13-8-18-35-24/h2-18,26H,1H3,(H,30,33)(H,31,32,34). The van der Waals surface area contributed by atoms with E-state index in [2.05, 4.69) is 10.6 Å². The molecule has 0 radical (unpaired) electrons. The van der Waals surface area contributed by atoms with E-state index >= 15 is 0 Å². The van der Waals surface area contributed by atoms with Crippen LogP contribution < -0.4 is 10.6 Å². The van der Waals surface area contributed by atoms with Gasteiger partial charge in [-0.3, -0.25) is 9.59 Å². The monoisotopic (exact) mass is 541 g/mol. The smallest absolute Gasteiger partial charge is 0.265 e. The molecular formula is C29H23N3O2S3. The Hall–Kier alpha value is -3.72. The molecule has 2 heterocycles. The number of rotatable bonds is 8. The highest BCUT2D eigenvalue weighted by atomic mass is 32.2. The van der Waals surface area contributed by atoms with Gasteiger partial charge in [-0.2, -0.15) is 0 Å². The van der Waals surface area contributed by atoms with Crippen LogP contribution in [0, 0.1) is 6.92 Å². The van der Waals surface area contributed by atoms with E-state index in [1.807, 2.05) is 103 Å². The van der Waals surface area contributed by atoms with Crippen molar-refractivity contribution < 1.29 is 9.59 Å². The van der Waals surface area contributed by atoms with Crippen molar-refractivity contribution in [2.24, 2.45) is 0 Å². The predicted octanol–water partition coefficient (Wildman–Crippen LogP) is 7.90. The summed E-state index contributed by atoms with van der Waals surface area (Å²) in [5.74, 6) is -0.273. The third-order valence-electron chi connectivity index (χ3n) is 5.53. The third-order valence-corrected chi connectivity index (χ3v) is 8.55. The molecule has 2 N–H and O–H groups in total. The van der Waals surface area contributed by atoms with Gasteiger partial charge >= 0.3 is 0 Å². The van der Waals surface area contributed by atoms with Crippen LogP contribution in [-0.4, -0.2) is 16.8 Å². The van der Waals surface area contributed by atoms with Crippen LogP contribution in [0.3, 0.4) is 0 Å². The predicted molar refractivity (Wildman–Crippen MR) is 155 cm³/mol. The molecule has 5 nitrogen and oxygen atoms in total. The van der Waals surface area contributed by atoms with E-state index in [-0.39, 0.29) is 11.8 Å². The Labute approximate surface area is 227 Å². The fourth-order valence-electron chi connectivity index (χ4n) is 3.74. The largest absolute Gasteiger partial charge is 0.321 e. The summed E-state index contributed by atoms with van der Waals surface area (Å²) in [7, 11) is 0. The van der Waals surface area contributed by atoms with Crippen LogP contribution in [0.4, 0.5) is 10.8 Å². The molecule has 3 aromatic carbocycles. The van der Waals surface area contributed by atoms with Gasteiger partial charge in [0.2, 0.25) is 5.91 Å². The van der Waals surface area contributed by atoms with Crippen LogP contribution in [0.25, 0.3) is 11.3 Å². The summed E-state index contributed by atoms with van der Waals surface area (Å²) in [4.78, 5) is 33.2. The quantitative estimate of drug-likeness (QED) is 0.196. The van der Waals surface area contributed by atoms with Gasteiger partial charge in [0, 0.05) is 21.0 Å². The van der Waals surface area contributed by atoms with Gasteiger partial charge in [0.15, 0.2) is 5.13 Å². The number of thioether (sulfide) groups is 1. The van der Waals surface area contributed by atoms with Crippen LogP contribution in [0.5, 0.6) is 0 Å². The molecule has 37 heavy (non-hydrogen) atoms. The number of carbonyl (C=O) groups is 2. The maximum atomic E-state index is 13.5. The Morgan fingerprint density at radius 3 is 2.22 bits per heavy atom. The van der Waals surface area contributed by atoms with Gasteiger partial charge in [-0.15, -0.1) is 34.4 Å². The first-order chi connectivity index (χ1) is 18.1. The maximum Gasteiger partial charge on any atom is 0.265 e. The fraction of sp³-hybridized carbons (Fsp3) is 0.0690. The molecule has 0 bridgehead atoms. The highest BCUT2D eigenvalue weighted by Crippen LogP contribution is 2.38. The Morgan fingerprint density at radius 2 is 1.54 bits per heavy atom. The number of nitrogens with zero attached hydrogens (tertiary/aromatic N) is 1. The second-order valence-electron chi connectivity index (χ2n) is 8.14. The van der Waals surface area contributed by atoms with E-state index in [0.717, 1.165) is 26.6 Å². The molecule has 1 unspecified atom stereocenters. The molecular weight excluding hydrogens is 519 g/mol. The van der Waals surface area contributed by atoms with Gasteiger partial charge in [-0.05, 0) is 48.2 Å².